The lowest BCUT2D eigenvalue weighted by atomic mass is 10.7. The van der Waals surface area contributed by atoms with Crippen LogP contribution in [0, 0.1) is 0 Å². The van der Waals surface area contributed by atoms with Gasteiger partial charge >= 0.3 is 0 Å². The number of rotatable bonds is 5. The van der Waals surface area contributed by atoms with Gasteiger partial charge in [0.25, 0.3) is 0 Å². The zero-order chi connectivity index (χ0) is 7.98. The van der Waals surface area contributed by atoms with Crippen LogP contribution >= 0.6 is 21.6 Å². The molecule has 0 saturated heterocycles. The molecule has 0 N–H and O–H groups in total. The minimum Gasteiger partial charge on any atom is -0.212 e. The molecule has 0 spiro atoms. The van der Waals surface area contributed by atoms with E-state index in [1.165, 1.54) is 21.6 Å². The molecule has 0 aromatic carbocycles. The maximum Gasteiger partial charge on any atom is 0.104 e. The summed E-state index contributed by atoms with van der Waals surface area (Å²) in [5.41, 5.74) is 0. The van der Waals surface area contributed by atoms with Gasteiger partial charge in [0.05, 0.1) is 11.5 Å². The zero-order valence-corrected chi connectivity index (χ0v) is 7.03. The molecule has 0 rings (SSSR count). The number of hydrogen-bond acceptors (Lipinski definition) is 2. The van der Waals surface area contributed by atoms with E-state index in [9.17, 15) is 8.78 Å². The van der Waals surface area contributed by atoms with E-state index in [1.54, 1.807) is 0 Å². The standard InChI is InChI=1S/C6H8F2S2/c1-5(7)3-9-10-4-6(2)8/h1-4H2. The Hall–Kier alpha value is 0.0400. The fraction of sp³-hybridized carbons (Fsp3) is 0.333. The van der Waals surface area contributed by atoms with Crippen LogP contribution in [0.1, 0.15) is 0 Å². The lowest BCUT2D eigenvalue weighted by Gasteiger charge is -1.94. The molecule has 10 heavy (non-hydrogen) atoms. The van der Waals surface area contributed by atoms with Gasteiger partial charge in [-0.25, -0.2) is 8.78 Å². The topological polar surface area (TPSA) is 0 Å². The molecule has 0 bridgehead atoms. The first-order valence-electron chi connectivity index (χ1n) is 2.54. The quantitative estimate of drug-likeness (QED) is 0.472. The number of halogens is 2. The SMILES string of the molecule is C=C(F)CSSCC(=C)F. The largest absolute Gasteiger partial charge is 0.212 e. The van der Waals surface area contributed by atoms with E-state index in [2.05, 4.69) is 13.2 Å². The van der Waals surface area contributed by atoms with Gasteiger partial charge in [0.1, 0.15) is 11.7 Å². The van der Waals surface area contributed by atoms with E-state index in [0.29, 0.717) is 0 Å². The monoisotopic (exact) mass is 182 g/mol. The maximum absolute atomic E-state index is 11.9. The van der Waals surface area contributed by atoms with Gasteiger partial charge in [-0.2, -0.15) is 0 Å². The molecule has 0 atom stereocenters. The van der Waals surface area contributed by atoms with Gasteiger partial charge in [-0.1, -0.05) is 34.7 Å². The van der Waals surface area contributed by atoms with Crippen molar-refractivity contribution in [2.75, 3.05) is 11.5 Å². The smallest absolute Gasteiger partial charge is 0.104 e. The molecule has 0 amide bonds. The Kier molecular flexibility index (Phi) is 5.82. The molecule has 0 heterocycles. The van der Waals surface area contributed by atoms with Crippen molar-refractivity contribution >= 4 is 21.6 Å². The van der Waals surface area contributed by atoms with Crippen molar-refractivity contribution in [3.63, 3.8) is 0 Å². The summed E-state index contributed by atoms with van der Waals surface area (Å²) in [5, 5.41) is 0. The summed E-state index contributed by atoms with van der Waals surface area (Å²) in [6, 6.07) is 0. The van der Waals surface area contributed by atoms with Gasteiger partial charge in [-0.15, -0.1) is 0 Å². The predicted octanol–water partition coefficient (Wildman–Crippen LogP) is 3.33. The normalized spacial score (nSPS) is 9.40. The van der Waals surface area contributed by atoms with Crippen molar-refractivity contribution in [1.29, 1.82) is 0 Å². The van der Waals surface area contributed by atoms with Crippen LogP contribution < -0.4 is 0 Å². The Morgan fingerprint density at radius 3 is 1.50 bits per heavy atom. The van der Waals surface area contributed by atoms with Crippen LogP contribution in [0.15, 0.2) is 24.8 Å². The summed E-state index contributed by atoms with van der Waals surface area (Å²) in [5.74, 6) is -0.334. The molecule has 0 fully saturated rings. The van der Waals surface area contributed by atoms with E-state index >= 15 is 0 Å². The second-order valence-corrected chi connectivity index (χ2v) is 4.02. The van der Waals surface area contributed by atoms with E-state index in [4.69, 9.17) is 0 Å². The Morgan fingerprint density at radius 1 is 1.00 bits per heavy atom. The summed E-state index contributed by atoms with van der Waals surface area (Å²) in [6.45, 7) is 6.11. The predicted molar refractivity (Wildman–Crippen MR) is 45.4 cm³/mol. The molecule has 0 saturated carbocycles. The van der Waals surface area contributed by atoms with E-state index < -0.39 is 0 Å². The van der Waals surface area contributed by atoms with Gasteiger partial charge in [0.2, 0.25) is 0 Å². The molecule has 58 valence electrons. The van der Waals surface area contributed by atoms with Gasteiger partial charge in [0, 0.05) is 0 Å². The Labute approximate surface area is 67.2 Å². The molecule has 4 heteroatoms. The first-order valence-corrected chi connectivity index (χ1v) is 5.02. The second kappa shape index (κ2) is 5.80. The van der Waals surface area contributed by atoms with Gasteiger partial charge in [-0.05, 0) is 0 Å². The number of hydrogen-bond donors (Lipinski definition) is 0. The molecular weight excluding hydrogens is 174 g/mol. The van der Waals surface area contributed by atoms with Crippen molar-refractivity contribution in [2.24, 2.45) is 0 Å². The zero-order valence-electron chi connectivity index (χ0n) is 5.40. The first-order chi connectivity index (χ1) is 4.63. The fourth-order valence-corrected chi connectivity index (χ4v) is 1.90. The molecule has 0 aliphatic rings. The van der Waals surface area contributed by atoms with Gasteiger partial charge < -0.3 is 0 Å². The van der Waals surface area contributed by atoms with Crippen LogP contribution in [0.3, 0.4) is 0 Å². The highest BCUT2D eigenvalue weighted by Crippen LogP contribution is 2.25. The van der Waals surface area contributed by atoms with Crippen LogP contribution in [0.4, 0.5) is 8.78 Å². The Morgan fingerprint density at radius 2 is 1.30 bits per heavy atom. The average Bonchev–Trinajstić information content (AvgIpc) is 1.79. The third kappa shape index (κ3) is 8.04. The summed E-state index contributed by atoms with van der Waals surface area (Å²) in [7, 11) is 2.46. The molecule has 0 aliphatic carbocycles. The maximum atomic E-state index is 11.9. The van der Waals surface area contributed by atoms with Crippen LogP contribution in [0.5, 0.6) is 0 Å². The molecule has 0 aliphatic heterocycles. The Bertz CT molecular complexity index is 118. The van der Waals surface area contributed by atoms with Crippen molar-refractivity contribution in [2.45, 2.75) is 0 Å². The second-order valence-electron chi connectivity index (χ2n) is 1.56. The third-order valence-corrected chi connectivity index (χ3v) is 2.75. The molecule has 0 unspecified atom stereocenters. The van der Waals surface area contributed by atoms with Crippen molar-refractivity contribution in [1.82, 2.24) is 0 Å². The van der Waals surface area contributed by atoms with Gasteiger partial charge in [-0.3, -0.25) is 0 Å². The molecule has 0 aromatic heterocycles. The minimum absolute atomic E-state index is 0.220. The fourth-order valence-electron chi connectivity index (χ4n) is 0.211. The van der Waals surface area contributed by atoms with Crippen molar-refractivity contribution < 1.29 is 8.78 Å². The van der Waals surface area contributed by atoms with E-state index in [0.717, 1.165) is 0 Å². The average molecular weight is 182 g/mol. The molecular formula is C6H8F2S2. The lowest BCUT2D eigenvalue weighted by molar-refractivity contribution is 0.648. The van der Waals surface area contributed by atoms with Crippen molar-refractivity contribution in [3.8, 4) is 0 Å². The first kappa shape index (κ1) is 10.0. The highest BCUT2D eigenvalue weighted by atomic mass is 33.1. The summed E-state index contributed by atoms with van der Waals surface area (Å²) < 4.78 is 23.8. The highest BCUT2D eigenvalue weighted by Gasteiger charge is 1.94. The lowest BCUT2D eigenvalue weighted by Crippen LogP contribution is -1.76. The van der Waals surface area contributed by atoms with Crippen LogP contribution in [-0.2, 0) is 0 Å². The summed E-state index contributed by atoms with van der Waals surface area (Å²) in [6.07, 6.45) is 0. The van der Waals surface area contributed by atoms with Crippen molar-refractivity contribution in [3.05, 3.63) is 24.8 Å². The molecule has 0 radical (unpaired) electrons. The summed E-state index contributed by atoms with van der Waals surface area (Å²) >= 11 is 0. The molecule has 0 nitrogen and oxygen atoms in total. The highest BCUT2D eigenvalue weighted by molar-refractivity contribution is 8.76. The minimum atomic E-state index is -0.387. The van der Waals surface area contributed by atoms with Crippen LogP contribution in [-0.4, -0.2) is 11.5 Å². The van der Waals surface area contributed by atoms with Crippen LogP contribution in [0.25, 0.3) is 0 Å². The molecule has 0 aromatic rings. The Balaban J connectivity index is 3.06. The van der Waals surface area contributed by atoms with E-state index in [-0.39, 0.29) is 23.2 Å². The van der Waals surface area contributed by atoms with E-state index in [1.807, 2.05) is 0 Å². The summed E-state index contributed by atoms with van der Waals surface area (Å²) in [4.78, 5) is 0. The third-order valence-electron chi connectivity index (χ3n) is 0.514. The van der Waals surface area contributed by atoms with Gasteiger partial charge in [0.15, 0.2) is 0 Å². The van der Waals surface area contributed by atoms with Crippen LogP contribution in [0.2, 0.25) is 0 Å².